The second-order valence-electron chi connectivity index (χ2n) is 3.99. The van der Waals surface area contributed by atoms with Gasteiger partial charge in [-0.3, -0.25) is 9.71 Å². The van der Waals surface area contributed by atoms with Crippen LogP contribution in [0.25, 0.3) is 11.1 Å². The van der Waals surface area contributed by atoms with E-state index in [9.17, 15) is 13.2 Å². The van der Waals surface area contributed by atoms with E-state index in [1.807, 2.05) is 0 Å². The Kier molecular flexibility index (Phi) is 2.79. The third-order valence-electron chi connectivity index (χ3n) is 2.60. The summed E-state index contributed by atoms with van der Waals surface area (Å²) in [5, 5.41) is 0. The van der Waals surface area contributed by atoms with Gasteiger partial charge in [-0.05, 0) is 30.3 Å². The lowest BCUT2D eigenvalue weighted by Crippen LogP contribution is -2.13. The van der Waals surface area contributed by atoms with Crippen LogP contribution >= 0.6 is 0 Å². The van der Waals surface area contributed by atoms with Gasteiger partial charge in [-0.1, -0.05) is 6.07 Å². The van der Waals surface area contributed by atoms with Crippen LogP contribution in [0.4, 0.5) is 5.82 Å². The lowest BCUT2D eigenvalue weighted by Gasteiger charge is -2.06. The fourth-order valence-electron chi connectivity index (χ4n) is 1.72. The molecule has 0 bridgehead atoms. The number of oxazole rings is 1. The van der Waals surface area contributed by atoms with Gasteiger partial charge in [0.15, 0.2) is 5.58 Å². The van der Waals surface area contributed by atoms with E-state index in [2.05, 4.69) is 14.7 Å². The minimum atomic E-state index is -3.77. The highest BCUT2D eigenvalue weighted by atomic mass is 32.2. The van der Waals surface area contributed by atoms with Crippen LogP contribution < -0.4 is 10.5 Å². The van der Waals surface area contributed by atoms with Crippen LogP contribution in [-0.2, 0) is 10.0 Å². The first-order valence-corrected chi connectivity index (χ1v) is 7.10. The molecule has 0 amide bonds. The first-order valence-electron chi connectivity index (χ1n) is 5.61. The van der Waals surface area contributed by atoms with Crippen LogP contribution in [0.3, 0.4) is 0 Å². The molecule has 0 aliphatic carbocycles. The van der Waals surface area contributed by atoms with Crippen molar-refractivity contribution < 1.29 is 12.8 Å². The standard InChI is InChI=1S/C12H9N3O4S/c16-12-14-9-7-8(4-5-10(9)19-12)20(17,18)15-11-3-1-2-6-13-11/h1-7H,(H,13,15)(H,14,16). The summed E-state index contributed by atoms with van der Waals surface area (Å²) < 4.78 is 31.5. The highest BCUT2D eigenvalue weighted by molar-refractivity contribution is 7.92. The molecule has 0 fully saturated rings. The molecule has 0 unspecified atom stereocenters. The number of pyridine rings is 1. The predicted molar refractivity (Wildman–Crippen MR) is 71.9 cm³/mol. The SMILES string of the molecule is O=c1[nH]c2cc(S(=O)(=O)Nc3ccccn3)ccc2o1. The molecule has 3 aromatic rings. The van der Waals surface area contributed by atoms with Gasteiger partial charge in [-0.15, -0.1) is 0 Å². The van der Waals surface area contributed by atoms with E-state index in [1.54, 1.807) is 12.1 Å². The van der Waals surface area contributed by atoms with Gasteiger partial charge in [-0.25, -0.2) is 18.2 Å². The van der Waals surface area contributed by atoms with Gasteiger partial charge in [0.1, 0.15) is 5.82 Å². The van der Waals surface area contributed by atoms with Gasteiger partial charge < -0.3 is 4.42 Å². The number of aromatic amines is 1. The van der Waals surface area contributed by atoms with Gasteiger partial charge in [0, 0.05) is 6.20 Å². The van der Waals surface area contributed by atoms with Gasteiger partial charge in [0.05, 0.1) is 10.4 Å². The highest BCUT2D eigenvalue weighted by Gasteiger charge is 2.16. The second kappa shape index (κ2) is 4.49. The summed E-state index contributed by atoms with van der Waals surface area (Å²) in [6, 6.07) is 8.98. The van der Waals surface area contributed by atoms with Crippen LogP contribution in [0.15, 0.2) is 56.7 Å². The van der Waals surface area contributed by atoms with Crippen molar-refractivity contribution in [3.63, 3.8) is 0 Å². The number of H-pyrrole nitrogens is 1. The number of rotatable bonds is 3. The molecule has 2 N–H and O–H groups in total. The lowest BCUT2D eigenvalue weighted by molar-refractivity contribution is 0.555. The Morgan fingerprint density at radius 3 is 2.80 bits per heavy atom. The fraction of sp³-hybridized carbons (Fsp3) is 0. The van der Waals surface area contributed by atoms with Crippen molar-refractivity contribution in [2.45, 2.75) is 4.90 Å². The molecule has 1 aromatic carbocycles. The smallest absolute Gasteiger partial charge is 0.408 e. The maximum absolute atomic E-state index is 12.2. The minimum absolute atomic E-state index is 0.00713. The van der Waals surface area contributed by atoms with Gasteiger partial charge in [0.2, 0.25) is 0 Å². The predicted octanol–water partition coefficient (Wildman–Crippen LogP) is 1.32. The Morgan fingerprint density at radius 1 is 1.20 bits per heavy atom. The monoisotopic (exact) mass is 291 g/mol. The summed E-state index contributed by atoms with van der Waals surface area (Å²) in [6.45, 7) is 0. The van der Waals surface area contributed by atoms with E-state index in [-0.39, 0.29) is 10.7 Å². The quantitative estimate of drug-likeness (QED) is 0.757. The molecule has 0 atom stereocenters. The molecule has 7 nitrogen and oxygen atoms in total. The second-order valence-corrected chi connectivity index (χ2v) is 5.68. The zero-order valence-electron chi connectivity index (χ0n) is 10.0. The summed E-state index contributed by atoms with van der Waals surface area (Å²) in [5.74, 6) is -0.416. The van der Waals surface area contributed by atoms with Crippen LogP contribution in [0, 0.1) is 0 Å². The number of aromatic nitrogens is 2. The van der Waals surface area contributed by atoms with E-state index in [0.29, 0.717) is 11.1 Å². The molecule has 0 aliphatic heterocycles. The Labute approximate surface area is 113 Å². The van der Waals surface area contributed by atoms with Crippen molar-refractivity contribution >= 4 is 26.9 Å². The molecule has 102 valence electrons. The number of benzene rings is 1. The van der Waals surface area contributed by atoms with Crippen LogP contribution in [0.5, 0.6) is 0 Å². The Morgan fingerprint density at radius 2 is 2.05 bits per heavy atom. The van der Waals surface area contributed by atoms with Crippen molar-refractivity contribution in [3.05, 3.63) is 53.1 Å². The Balaban J connectivity index is 2.02. The first kappa shape index (κ1) is 12.4. The largest absolute Gasteiger partial charge is 0.417 e. The van der Waals surface area contributed by atoms with E-state index in [4.69, 9.17) is 4.42 Å². The van der Waals surface area contributed by atoms with Crippen molar-refractivity contribution in [3.8, 4) is 0 Å². The molecule has 0 radical (unpaired) electrons. The molecule has 0 aliphatic rings. The zero-order chi connectivity index (χ0) is 14.2. The number of hydrogen-bond acceptors (Lipinski definition) is 5. The molecule has 8 heteroatoms. The third-order valence-corrected chi connectivity index (χ3v) is 3.96. The number of hydrogen-bond donors (Lipinski definition) is 2. The normalized spacial score (nSPS) is 11.6. The Bertz CT molecular complexity index is 913. The maximum atomic E-state index is 12.2. The Hall–Kier alpha value is -2.61. The van der Waals surface area contributed by atoms with Crippen LogP contribution in [-0.4, -0.2) is 18.4 Å². The van der Waals surface area contributed by atoms with Gasteiger partial charge in [-0.2, -0.15) is 0 Å². The zero-order valence-corrected chi connectivity index (χ0v) is 10.8. The molecule has 0 saturated heterocycles. The fourth-order valence-corrected chi connectivity index (χ4v) is 2.75. The van der Waals surface area contributed by atoms with E-state index >= 15 is 0 Å². The number of nitrogens with zero attached hydrogens (tertiary/aromatic N) is 1. The molecule has 20 heavy (non-hydrogen) atoms. The van der Waals surface area contributed by atoms with Crippen LogP contribution in [0.1, 0.15) is 0 Å². The number of fused-ring (bicyclic) bond motifs is 1. The summed E-state index contributed by atoms with van der Waals surface area (Å²) in [6.07, 6.45) is 1.48. The van der Waals surface area contributed by atoms with Crippen molar-refractivity contribution in [2.75, 3.05) is 4.72 Å². The third kappa shape index (κ3) is 2.28. The van der Waals surface area contributed by atoms with E-state index in [1.165, 1.54) is 30.5 Å². The number of anilines is 1. The summed E-state index contributed by atoms with van der Waals surface area (Å²) >= 11 is 0. The summed E-state index contributed by atoms with van der Waals surface area (Å²) in [4.78, 5) is 17.3. The molecule has 0 spiro atoms. The lowest BCUT2D eigenvalue weighted by atomic mass is 10.3. The summed E-state index contributed by atoms with van der Waals surface area (Å²) in [5.41, 5.74) is 0.616. The van der Waals surface area contributed by atoms with E-state index in [0.717, 1.165) is 0 Å². The molecular weight excluding hydrogens is 282 g/mol. The topological polar surface area (TPSA) is 105 Å². The number of sulfonamides is 1. The summed E-state index contributed by atoms with van der Waals surface area (Å²) in [7, 11) is -3.77. The van der Waals surface area contributed by atoms with E-state index < -0.39 is 15.8 Å². The molecule has 0 saturated carbocycles. The van der Waals surface area contributed by atoms with Crippen molar-refractivity contribution in [1.29, 1.82) is 0 Å². The van der Waals surface area contributed by atoms with Gasteiger partial charge in [0.25, 0.3) is 10.0 Å². The average molecular weight is 291 g/mol. The molecule has 3 rings (SSSR count). The van der Waals surface area contributed by atoms with Crippen molar-refractivity contribution in [2.24, 2.45) is 0 Å². The molecular formula is C12H9N3O4S. The van der Waals surface area contributed by atoms with Crippen LogP contribution in [0.2, 0.25) is 0 Å². The first-order chi connectivity index (χ1) is 9.54. The maximum Gasteiger partial charge on any atom is 0.417 e. The highest BCUT2D eigenvalue weighted by Crippen LogP contribution is 2.18. The molecule has 2 aromatic heterocycles. The molecule has 2 heterocycles. The average Bonchev–Trinajstić information content (AvgIpc) is 2.78. The van der Waals surface area contributed by atoms with Gasteiger partial charge >= 0.3 is 5.76 Å². The minimum Gasteiger partial charge on any atom is -0.408 e. The number of nitrogens with one attached hydrogen (secondary N) is 2. The van der Waals surface area contributed by atoms with Crippen molar-refractivity contribution in [1.82, 2.24) is 9.97 Å².